The van der Waals surface area contributed by atoms with Gasteiger partial charge < -0.3 is 15.1 Å². The second kappa shape index (κ2) is 5.74. The lowest BCUT2D eigenvalue weighted by Crippen LogP contribution is -2.45. The second-order valence-electron chi connectivity index (χ2n) is 5.97. The van der Waals surface area contributed by atoms with Gasteiger partial charge in [-0.05, 0) is 51.1 Å². The monoisotopic (exact) mass is 284 g/mol. The van der Waals surface area contributed by atoms with Gasteiger partial charge in [0.15, 0.2) is 0 Å². The predicted octanol–water partition coefficient (Wildman–Crippen LogP) is 2.26. The van der Waals surface area contributed by atoms with Crippen LogP contribution in [-0.2, 0) is 0 Å². The summed E-state index contributed by atoms with van der Waals surface area (Å²) in [5.74, 6) is 0. The van der Waals surface area contributed by atoms with E-state index in [-0.39, 0.29) is 6.03 Å². The summed E-state index contributed by atoms with van der Waals surface area (Å²) in [4.78, 5) is 16.9. The van der Waals surface area contributed by atoms with Crippen molar-refractivity contribution in [3.8, 4) is 6.07 Å². The van der Waals surface area contributed by atoms with Crippen LogP contribution in [0, 0.1) is 11.3 Å². The standard InChI is InChI=1S/C16H20N4O/c1-19-8-7-14-5-6-15(11-19)20(14)16(21)18-13-4-2-3-12(9-13)10-17/h2-4,9,14-15H,5-8,11H2,1H3,(H,18,21)/t14?,15-/m1/s1. The van der Waals surface area contributed by atoms with Crippen molar-refractivity contribution in [3.63, 3.8) is 0 Å². The van der Waals surface area contributed by atoms with Crippen LogP contribution in [0.5, 0.6) is 0 Å². The average Bonchev–Trinajstić information content (AvgIpc) is 2.79. The number of rotatable bonds is 1. The maximum absolute atomic E-state index is 12.6. The molecule has 0 aliphatic carbocycles. The number of benzene rings is 1. The summed E-state index contributed by atoms with van der Waals surface area (Å²) in [6.07, 6.45) is 3.23. The van der Waals surface area contributed by atoms with Crippen molar-refractivity contribution in [2.75, 3.05) is 25.5 Å². The number of nitrogens with one attached hydrogen (secondary N) is 1. The van der Waals surface area contributed by atoms with Crippen molar-refractivity contribution in [3.05, 3.63) is 29.8 Å². The van der Waals surface area contributed by atoms with Gasteiger partial charge in [0.1, 0.15) is 0 Å². The van der Waals surface area contributed by atoms with Crippen molar-refractivity contribution in [1.29, 1.82) is 5.26 Å². The fourth-order valence-corrected chi connectivity index (χ4v) is 3.43. The minimum Gasteiger partial charge on any atom is -0.317 e. The van der Waals surface area contributed by atoms with Gasteiger partial charge in [0.2, 0.25) is 0 Å². The van der Waals surface area contributed by atoms with E-state index in [1.165, 1.54) is 0 Å². The highest BCUT2D eigenvalue weighted by atomic mass is 16.2. The Hall–Kier alpha value is -2.06. The fraction of sp³-hybridized carbons (Fsp3) is 0.500. The summed E-state index contributed by atoms with van der Waals surface area (Å²) >= 11 is 0. The Labute approximate surface area is 125 Å². The van der Waals surface area contributed by atoms with Crippen molar-refractivity contribution < 1.29 is 4.79 Å². The van der Waals surface area contributed by atoms with Crippen LogP contribution in [-0.4, -0.2) is 48.1 Å². The normalized spacial score (nSPS) is 25.2. The Morgan fingerprint density at radius 2 is 2.14 bits per heavy atom. The average molecular weight is 284 g/mol. The number of anilines is 1. The van der Waals surface area contributed by atoms with E-state index in [1.54, 1.807) is 18.2 Å². The quantitative estimate of drug-likeness (QED) is 0.860. The van der Waals surface area contributed by atoms with Crippen LogP contribution in [0.25, 0.3) is 0 Å². The Kier molecular flexibility index (Phi) is 3.80. The molecule has 2 heterocycles. The van der Waals surface area contributed by atoms with Gasteiger partial charge >= 0.3 is 6.03 Å². The number of fused-ring (bicyclic) bond motifs is 2. The molecule has 2 aliphatic rings. The van der Waals surface area contributed by atoms with Crippen LogP contribution >= 0.6 is 0 Å². The highest BCUT2D eigenvalue weighted by Crippen LogP contribution is 2.30. The maximum atomic E-state index is 12.6. The molecule has 2 fully saturated rings. The molecule has 2 aliphatic heterocycles. The largest absolute Gasteiger partial charge is 0.322 e. The van der Waals surface area contributed by atoms with E-state index >= 15 is 0 Å². The molecule has 2 bridgehead atoms. The molecule has 1 aromatic rings. The molecule has 2 atom stereocenters. The molecule has 1 unspecified atom stereocenters. The van der Waals surface area contributed by atoms with E-state index in [9.17, 15) is 4.79 Å². The zero-order chi connectivity index (χ0) is 14.8. The van der Waals surface area contributed by atoms with Gasteiger partial charge in [-0.1, -0.05) is 6.07 Å². The number of hydrogen-bond donors (Lipinski definition) is 1. The first-order chi connectivity index (χ1) is 10.2. The van der Waals surface area contributed by atoms with Crippen LogP contribution in [0.4, 0.5) is 10.5 Å². The summed E-state index contributed by atoms with van der Waals surface area (Å²) in [6.45, 7) is 2.00. The topological polar surface area (TPSA) is 59.4 Å². The van der Waals surface area contributed by atoms with E-state index in [0.717, 1.165) is 32.4 Å². The third kappa shape index (κ3) is 2.86. The minimum atomic E-state index is -0.0344. The van der Waals surface area contributed by atoms with Crippen LogP contribution < -0.4 is 5.32 Å². The smallest absolute Gasteiger partial charge is 0.317 e. The number of likely N-dealkylation sites (tertiary alicyclic amines) is 1. The number of urea groups is 1. The van der Waals surface area contributed by atoms with Gasteiger partial charge in [0, 0.05) is 24.3 Å². The summed E-state index contributed by atoms with van der Waals surface area (Å²) in [6, 6.07) is 9.78. The van der Waals surface area contributed by atoms with E-state index in [2.05, 4.69) is 23.3 Å². The summed E-state index contributed by atoms with van der Waals surface area (Å²) in [5, 5.41) is 11.9. The first kappa shape index (κ1) is 13.9. The lowest BCUT2D eigenvalue weighted by Gasteiger charge is -2.28. The molecule has 0 saturated carbocycles. The van der Waals surface area contributed by atoms with E-state index in [1.807, 2.05) is 11.0 Å². The molecule has 1 aromatic carbocycles. The minimum absolute atomic E-state index is 0.0344. The highest BCUT2D eigenvalue weighted by molar-refractivity contribution is 5.90. The molecular weight excluding hydrogens is 264 g/mol. The molecular formula is C16H20N4O. The first-order valence-electron chi connectivity index (χ1n) is 7.45. The summed E-state index contributed by atoms with van der Waals surface area (Å²) in [5.41, 5.74) is 1.25. The molecule has 110 valence electrons. The third-order valence-corrected chi connectivity index (χ3v) is 4.46. The Morgan fingerprint density at radius 3 is 2.95 bits per heavy atom. The second-order valence-corrected chi connectivity index (χ2v) is 5.97. The number of hydrogen-bond acceptors (Lipinski definition) is 3. The van der Waals surface area contributed by atoms with Gasteiger partial charge in [-0.2, -0.15) is 5.26 Å². The van der Waals surface area contributed by atoms with Gasteiger partial charge in [-0.3, -0.25) is 0 Å². The lowest BCUT2D eigenvalue weighted by molar-refractivity contribution is 0.186. The van der Waals surface area contributed by atoms with Crippen molar-refractivity contribution in [1.82, 2.24) is 9.80 Å². The predicted molar refractivity (Wildman–Crippen MR) is 80.9 cm³/mol. The molecule has 0 radical (unpaired) electrons. The molecule has 21 heavy (non-hydrogen) atoms. The summed E-state index contributed by atoms with van der Waals surface area (Å²) in [7, 11) is 2.12. The number of likely N-dealkylation sites (N-methyl/N-ethyl adjacent to an activating group) is 1. The van der Waals surface area contributed by atoms with Crippen LogP contribution in [0.15, 0.2) is 24.3 Å². The Balaban J connectivity index is 1.74. The molecule has 1 N–H and O–H groups in total. The Morgan fingerprint density at radius 1 is 1.33 bits per heavy atom. The van der Waals surface area contributed by atoms with Crippen LogP contribution in [0.3, 0.4) is 0 Å². The number of nitrogens with zero attached hydrogens (tertiary/aromatic N) is 3. The molecule has 0 spiro atoms. The molecule has 0 aromatic heterocycles. The number of carbonyl (C=O) groups excluding carboxylic acids is 1. The fourth-order valence-electron chi connectivity index (χ4n) is 3.43. The van der Waals surface area contributed by atoms with Crippen LogP contribution in [0.2, 0.25) is 0 Å². The number of amides is 2. The zero-order valence-electron chi connectivity index (χ0n) is 12.2. The molecule has 2 amide bonds. The summed E-state index contributed by atoms with van der Waals surface area (Å²) < 4.78 is 0. The third-order valence-electron chi connectivity index (χ3n) is 4.46. The van der Waals surface area contributed by atoms with Gasteiger partial charge in [-0.25, -0.2) is 4.79 Å². The number of nitriles is 1. The maximum Gasteiger partial charge on any atom is 0.322 e. The van der Waals surface area contributed by atoms with Crippen LogP contribution in [0.1, 0.15) is 24.8 Å². The van der Waals surface area contributed by atoms with Crippen molar-refractivity contribution in [2.45, 2.75) is 31.3 Å². The Bertz CT molecular complexity index is 580. The zero-order valence-corrected chi connectivity index (χ0v) is 12.2. The number of carbonyl (C=O) groups is 1. The van der Waals surface area contributed by atoms with E-state index < -0.39 is 0 Å². The molecule has 2 saturated heterocycles. The van der Waals surface area contributed by atoms with Gasteiger partial charge in [-0.15, -0.1) is 0 Å². The molecule has 5 nitrogen and oxygen atoms in total. The van der Waals surface area contributed by atoms with Gasteiger partial charge in [0.05, 0.1) is 11.6 Å². The van der Waals surface area contributed by atoms with E-state index in [4.69, 9.17) is 5.26 Å². The van der Waals surface area contributed by atoms with E-state index in [0.29, 0.717) is 23.3 Å². The first-order valence-corrected chi connectivity index (χ1v) is 7.45. The lowest BCUT2D eigenvalue weighted by atomic mass is 10.1. The SMILES string of the molecule is CN1CCC2CC[C@H](C1)N2C(=O)Nc1cccc(C#N)c1. The molecule has 3 rings (SSSR count). The van der Waals surface area contributed by atoms with Crippen molar-refractivity contribution in [2.24, 2.45) is 0 Å². The van der Waals surface area contributed by atoms with Gasteiger partial charge in [0.25, 0.3) is 0 Å². The molecule has 5 heteroatoms. The van der Waals surface area contributed by atoms with Crippen molar-refractivity contribution >= 4 is 11.7 Å². The highest BCUT2D eigenvalue weighted by Gasteiger charge is 2.39.